The molecule has 0 aliphatic carbocycles. The van der Waals surface area contributed by atoms with Gasteiger partial charge in [-0.25, -0.2) is 0 Å². The summed E-state index contributed by atoms with van der Waals surface area (Å²) in [5.74, 6) is 0. The highest BCUT2D eigenvalue weighted by atomic mass is 15.0. The van der Waals surface area contributed by atoms with Crippen molar-refractivity contribution in [3.63, 3.8) is 0 Å². The van der Waals surface area contributed by atoms with Gasteiger partial charge in [0.2, 0.25) is 0 Å². The van der Waals surface area contributed by atoms with Gasteiger partial charge in [-0.1, -0.05) is 146 Å². The van der Waals surface area contributed by atoms with Crippen LogP contribution < -0.4 is 0 Å². The zero-order valence-electron chi connectivity index (χ0n) is 26.8. The summed E-state index contributed by atoms with van der Waals surface area (Å²) in [6, 6.07) is 68.8. The van der Waals surface area contributed by atoms with Crippen molar-refractivity contribution >= 4 is 54.1 Å². The van der Waals surface area contributed by atoms with Crippen LogP contribution in [0.15, 0.2) is 188 Å². The summed E-state index contributed by atoms with van der Waals surface area (Å²) in [5.41, 5.74) is 10.8. The van der Waals surface area contributed by atoms with Crippen LogP contribution in [-0.4, -0.2) is 4.57 Å². The molecule has 0 saturated heterocycles. The Labute approximate surface area is 284 Å². The molecule has 1 heteroatoms. The molecule has 0 bridgehead atoms. The van der Waals surface area contributed by atoms with Crippen LogP contribution in [0.3, 0.4) is 0 Å². The van der Waals surface area contributed by atoms with Crippen molar-refractivity contribution in [1.82, 2.24) is 4.57 Å². The highest BCUT2D eigenvalue weighted by molar-refractivity contribution is 6.25. The van der Waals surface area contributed by atoms with Crippen LogP contribution in [0, 0.1) is 0 Å². The van der Waals surface area contributed by atoms with Gasteiger partial charge in [0, 0.05) is 16.5 Å². The van der Waals surface area contributed by atoms with E-state index >= 15 is 0 Å². The minimum atomic E-state index is 1.16. The smallest absolute Gasteiger partial charge is 0.0541 e. The Kier molecular flexibility index (Phi) is 6.25. The summed E-state index contributed by atoms with van der Waals surface area (Å²) in [6.45, 7) is 0. The number of rotatable bonds is 4. The quantitative estimate of drug-likeness (QED) is 0.172. The van der Waals surface area contributed by atoms with E-state index in [9.17, 15) is 0 Å². The van der Waals surface area contributed by atoms with Crippen LogP contribution in [0.2, 0.25) is 0 Å². The summed E-state index contributed by atoms with van der Waals surface area (Å²) in [5, 5.41) is 10.3. The second kappa shape index (κ2) is 11.1. The third-order valence-corrected chi connectivity index (χ3v) is 10.1. The molecule has 0 aliphatic heterocycles. The fraction of sp³-hybridized carbons (Fsp3) is 0. The maximum atomic E-state index is 2.42. The van der Waals surface area contributed by atoms with E-state index < -0.39 is 0 Å². The van der Waals surface area contributed by atoms with E-state index in [1.165, 1.54) is 87.5 Å². The largest absolute Gasteiger partial charge is 0.309 e. The number of aromatic nitrogens is 1. The van der Waals surface area contributed by atoms with Gasteiger partial charge in [0.05, 0.1) is 11.0 Å². The first-order valence-electron chi connectivity index (χ1n) is 16.9. The molecule has 0 fully saturated rings. The number of hydrogen-bond acceptors (Lipinski definition) is 0. The molecular formula is C48H31N. The van der Waals surface area contributed by atoms with Gasteiger partial charge in [-0.3, -0.25) is 0 Å². The zero-order valence-corrected chi connectivity index (χ0v) is 26.8. The van der Waals surface area contributed by atoms with Crippen LogP contribution in [0.5, 0.6) is 0 Å². The number of hydrogen-bond donors (Lipinski definition) is 0. The molecule has 49 heavy (non-hydrogen) atoms. The summed E-state index contributed by atoms with van der Waals surface area (Å²) in [7, 11) is 0. The molecular weight excluding hydrogens is 591 g/mol. The van der Waals surface area contributed by atoms with E-state index in [4.69, 9.17) is 0 Å². The maximum absolute atomic E-state index is 2.42. The Morgan fingerprint density at radius 3 is 1.24 bits per heavy atom. The second-order valence-electron chi connectivity index (χ2n) is 12.9. The van der Waals surface area contributed by atoms with Crippen molar-refractivity contribution < 1.29 is 0 Å². The SMILES string of the molecule is c1ccc(-c2cc(-c3cccc(-c4ccc5c6ccccc6c6ccccc6c5c4)c3)cc(-n3c4ccccc4c4ccccc43)c2)cc1. The lowest BCUT2D eigenvalue weighted by Gasteiger charge is -2.15. The van der Waals surface area contributed by atoms with Gasteiger partial charge in [-0.05, 0) is 108 Å². The molecule has 1 nitrogen and oxygen atoms in total. The minimum absolute atomic E-state index is 1.16. The van der Waals surface area contributed by atoms with E-state index in [2.05, 4.69) is 193 Å². The Balaban J connectivity index is 1.17. The highest BCUT2D eigenvalue weighted by Gasteiger charge is 2.15. The fourth-order valence-electron chi connectivity index (χ4n) is 7.87. The Bertz CT molecular complexity index is 2790. The Hall–Kier alpha value is -6.44. The highest BCUT2D eigenvalue weighted by Crippen LogP contribution is 2.39. The van der Waals surface area contributed by atoms with Crippen LogP contribution in [0.25, 0.3) is 93.2 Å². The Morgan fingerprint density at radius 1 is 0.224 bits per heavy atom. The van der Waals surface area contributed by atoms with Crippen LogP contribution in [0.1, 0.15) is 0 Å². The predicted octanol–water partition coefficient (Wildman–Crippen LogP) is 13.2. The predicted molar refractivity (Wildman–Crippen MR) is 210 cm³/mol. The lowest BCUT2D eigenvalue weighted by atomic mass is 9.91. The summed E-state index contributed by atoms with van der Waals surface area (Å²) in [6.07, 6.45) is 0. The van der Waals surface area contributed by atoms with Gasteiger partial charge in [0.1, 0.15) is 0 Å². The van der Waals surface area contributed by atoms with Gasteiger partial charge in [0.25, 0.3) is 0 Å². The lowest BCUT2D eigenvalue weighted by molar-refractivity contribution is 1.18. The molecule has 10 aromatic rings. The maximum Gasteiger partial charge on any atom is 0.0541 e. The first-order valence-corrected chi connectivity index (χ1v) is 16.9. The lowest BCUT2D eigenvalue weighted by Crippen LogP contribution is -1.96. The first kappa shape index (κ1) is 27.7. The average Bonchev–Trinajstić information content (AvgIpc) is 3.52. The van der Waals surface area contributed by atoms with Crippen LogP contribution in [-0.2, 0) is 0 Å². The number of para-hydroxylation sites is 2. The van der Waals surface area contributed by atoms with Gasteiger partial charge in [-0.15, -0.1) is 0 Å². The number of fused-ring (bicyclic) bond motifs is 9. The van der Waals surface area contributed by atoms with Gasteiger partial charge < -0.3 is 4.57 Å². The topological polar surface area (TPSA) is 4.93 Å². The van der Waals surface area contributed by atoms with E-state index in [0.29, 0.717) is 0 Å². The second-order valence-corrected chi connectivity index (χ2v) is 12.9. The fourth-order valence-corrected chi connectivity index (χ4v) is 7.87. The van der Waals surface area contributed by atoms with Crippen molar-refractivity contribution in [3.05, 3.63) is 188 Å². The number of nitrogens with zero attached hydrogens (tertiary/aromatic N) is 1. The molecule has 9 aromatic carbocycles. The number of benzene rings is 9. The molecule has 0 spiro atoms. The van der Waals surface area contributed by atoms with E-state index in [-0.39, 0.29) is 0 Å². The molecule has 0 atom stereocenters. The summed E-state index contributed by atoms with van der Waals surface area (Å²) < 4.78 is 2.42. The zero-order chi connectivity index (χ0) is 32.3. The molecule has 0 saturated carbocycles. The normalized spacial score (nSPS) is 11.7. The van der Waals surface area contributed by atoms with Gasteiger partial charge >= 0.3 is 0 Å². The monoisotopic (exact) mass is 621 g/mol. The summed E-state index contributed by atoms with van der Waals surface area (Å²) >= 11 is 0. The molecule has 0 amide bonds. The standard InChI is InChI=1S/C48H31N/c1-2-13-32(14-3-1)36-28-37(30-38(29-36)49-47-23-10-8-21-44(47)45-22-9-11-24-48(45)49)34-16-12-15-33(27-34)35-25-26-43-41-19-5-4-17-39(41)40-18-6-7-20-42(40)46(43)31-35/h1-31H. The van der Waals surface area contributed by atoms with Crippen molar-refractivity contribution in [2.24, 2.45) is 0 Å². The van der Waals surface area contributed by atoms with Crippen molar-refractivity contribution in [1.29, 1.82) is 0 Å². The van der Waals surface area contributed by atoms with Gasteiger partial charge in [0.15, 0.2) is 0 Å². The first-order chi connectivity index (χ1) is 24.3. The minimum Gasteiger partial charge on any atom is -0.309 e. The molecule has 0 aliphatic rings. The van der Waals surface area contributed by atoms with E-state index in [1.807, 2.05) is 0 Å². The van der Waals surface area contributed by atoms with Crippen LogP contribution >= 0.6 is 0 Å². The van der Waals surface area contributed by atoms with Gasteiger partial charge in [-0.2, -0.15) is 0 Å². The van der Waals surface area contributed by atoms with Crippen molar-refractivity contribution in [3.8, 4) is 39.1 Å². The molecule has 0 N–H and O–H groups in total. The van der Waals surface area contributed by atoms with Crippen molar-refractivity contribution in [2.75, 3.05) is 0 Å². The molecule has 0 unspecified atom stereocenters. The Morgan fingerprint density at radius 2 is 0.633 bits per heavy atom. The third kappa shape index (κ3) is 4.47. The molecule has 228 valence electrons. The van der Waals surface area contributed by atoms with E-state index in [1.54, 1.807) is 0 Å². The molecule has 10 rings (SSSR count). The van der Waals surface area contributed by atoms with E-state index in [0.717, 1.165) is 5.69 Å². The summed E-state index contributed by atoms with van der Waals surface area (Å²) in [4.78, 5) is 0. The van der Waals surface area contributed by atoms with Crippen molar-refractivity contribution in [2.45, 2.75) is 0 Å². The van der Waals surface area contributed by atoms with Crippen LogP contribution in [0.4, 0.5) is 0 Å². The molecule has 0 radical (unpaired) electrons. The third-order valence-electron chi connectivity index (χ3n) is 10.1. The molecule has 1 aromatic heterocycles. The average molecular weight is 622 g/mol. The molecule has 1 heterocycles.